The summed E-state index contributed by atoms with van der Waals surface area (Å²) in [6.07, 6.45) is -1.32. The number of anilines is 1. The highest BCUT2D eigenvalue weighted by atomic mass is 19.3. The number of amidine groups is 1. The molecule has 1 fully saturated rings. The van der Waals surface area contributed by atoms with Crippen molar-refractivity contribution in [1.29, 1.82) is 0 Å². The molecule has 3 aromatic carbocycles. The molecule has 1 aliphatic heterocycles. The average Bonchev–Trinajstić information content (AvgIpc) is 2.98. The second-order valence-corrected chi connectivity index (χ2v) is 12.2. The van der Waals surface area contributed by atoms with Gasteiger partial charge in [0, 0.05) is 42.2 Å². The highest BCUT2D eigenvalue weighted by Gasteiger charge is 2.26. The van der Waals surface area contributed by atoms with Gasteiger partial charge in [0.2, 0.25) is 5.43 Å². The topological polar surface area (TPSA) is 82.1 Å². The third-order valence-electron chi connectivity index (χ3n) is 7.98. The number of rotatable bonds is 9. The minimum Gasteiger partial charge on any atom is -0.393 e. The lowest BCUT2D eigenvalue weighted by atomic mass is 9.86. The van der Waals surface area contributed by atoms with Crippen LogP contribution in [0.4, 0.5) is 23.2 Å². The van der Waals surface area contributed by atoms with Crippen molar-refractivity contribution in [2.24, 2.45) is 10.9 Å². The fourth-order valence-corrected chi connectivity index (χ4v) is 5.59. The number of morpholine rings is 1. The first-order chi connectivity index (χ1) is 21.3. The molecule has 0 aliphatic carbocycles. The largest absolute Gasteiger partial charge is 0.393 e. The van der Waals surface area contributed by atoms with Crippen LogP contribution in [0.1, 0.15) is 56.4 Å². The van der Waals surface area contributed by atoms with Gasteiger partial charge in [0.25, 0.3) is 6.43 Å². The molecular formula is C34H36F4N4O3. The number of ether oxygens (including phenoxy) is 1. The first-order valence-corrected chi connectivity index (χ1v) is 14.7. The highest BCUT2D eigenvalue weighted by molar-refractivity contribution is 6.00. The first-order valence-electron chi connectivity index (χ1n) is 14.7. The van der Waals surface area contributed by atoms with Gasteiger partial charge in [0.1, 0.15) is 18.2 Å². The number of halogens is 4. The molecule has 1 saturated heterocycles. The van der Waals surface area contributed by atoms with Crippen LogP contribution in [-0.2, 0) is 21.5 Å². The van der Waals surface area contributed by atoms with E-state index in [0.717, 1.165) is 5.56 Å². The van der Waals surface area contributed by atoms with Crippen molar-refractivity contribution >= 4 is 22.4 Å². The smallest absolute Gasteiger partial charge is 0.263 e. The van der Waals surface area contributed by atoms with E-state index in [1.165, 1.54) is 36.5 Å². The molecule has 238 valence electrons. The van der Waals surface area contributed by atoms with Crippen LogP contribution in [0.25, 0.3) is 10.9 Å². The lowest BCUT2D eigenvalue weighted by molar-refractivity contribution is -0.00538. The van der Waals surface area contributed by atoms with E-state index in [1.54, 1.807) is 34.9 Å². The van der Waals surface area contributed by atoms with Gasteiger partial charge in [-0.15, -0.1) is 0 Å². The fraction of sp³-hybridized carbons (Fsp3) is 0.353. The predicted octanol–water partition coefficient (Wildman–Crippen LogP) is 6.49. The van der Waals surface area contributed by atoms with Gasteiger partial charge in [0.15, 0.2) is 5.84 Å². The molecule has 2 heterocycles. The first kappa shape index (κ1) is 32.0. The number of aromatic nitrogens is 1. The Hall–Kier alpha value is -4.38. The molecule has 0 saturated carbocycles. The molecule has 4 aromatic rings. The Morgan fingerprint density at radius 3 is 2.31 bits per heavy atom. The second kappa shape index (κ2) is 12.9. The van der Waals surface area contributed by atoms with Gasteiger partial charge in [-0.25, -0.2) is 17.6 Å². The molecule has 5 rings (SSSR count). The average molecular weight is 625 g/mol. The van der Waals surface area contributed by atoms with Crippen molar-refractivity contribution < 1.29 is 27.1 Å². The maximum absolute atomic E-state index is 15.7. The van der Waals surface area contributed by atoms with Crippen molar-refractivity contribution in [2.75, 3.05) is 24.6 Å². The maximum atomic E-state index is 15.7. The zero-order chi connectivity index (χ0) is 32.5. The van der Waals surface area contributed by atoms with E-state index in [4.69, 9.17) is 15.3 Å². The van der Waals surface area contributed by atoms with Gasteiger partial charge >= 0.3 is 0 Å². The molecule has 2 N–H and O–H groups in total. The number of fused-ring (bicyclic) bond motifs is 1. The van der Waals surface area contributed by atoms with E-state index in [9.17, 15) is 18.0 Å². The summed E-state index contributed by atoms with van der Waals surface area (Å²) < 4.78 is 63.0. The van der Waals surface area contributed by atoms with Crippen LogP contribution in [0, 0.1) is 11.6 Å². The fourth-order valence-electron chi connectivity index (χ4n) is 5.59. The normalized spacial score (nSPS) is 17.7. The van der Waals surface area contributed by atoms with E-state index in [-0.39, 0.29) is 53.5 Å². The van der Waals surface area contributed by atoms with Crippen molar-refractivity contribution in [3.63, 3.8) is 0 Å². The standard InChI is InChI=1S/C34H36F4N4O3/c1-20-15-41(16-21(2)45-20)30-14-29-26(13-28(30)36)31(43)27(18-42(29)17-22-5-7-23(8-6-22)32(37)38)33(39)40-44-19-34(3,4)24-9-11-25(35)12-10-24/h5-14,18,20-21,32H,15-17,19H2,1-4H3,(H2,39,40). The Balaban J connectivity index is 1.53. The summed E-state index contributed by atoms with van der Waals surface area (Å²) >= 11 is 0. The van der Waals surface area contributed by atoms with E-state index >= 15 is 4.39 Å². The Labute approximate surface area is 258 Å². The third-order valence-corrected chi connectivity index (χ3v) is 7.98. The molecule has 1 aliphatic rings. The van der Waals surface area contributed by atoms with Gasteiger partial charge in [0.05, 0.1) is 29.0 Å². The van der Waals surface area contributed by atoms with Crippen LogP contribution in [0.3, 0.4) is 0 Å². The number of benzene rings is 3. The van der Waals surface area contributed by atoms with Crippen molar-refractivity contribution in [3.8, 4) is 0 Å². The molecule has 7 nitrogen and oxygen atoms in total. The molecule has 11 heteroatoms. The number of nitrogens with two attached hydrogens (primary N) is 1. The van der Waals surface area contributed by atoms with Gasteiger partial charge < -0.3 is 24.8 Å². The van der Waals surface area contributed by atoms with Gasteiger partial charge in [-0.3, -0.25) is 4.79 Å². The molecule has 2 unspecified atom stereocenters. The van der Waals surface area contributed by atoms with Crippen LogP contribution < -0.4 is 16.1 Å². The molecule has 0 radical (unpaired) electrons. The quantitative estimate of drug-likeness (QED) is 0.0996. The van der Waals surface area contributed by atoms with E-state index < -0.39 is 23.1 Å². The van der Waals surface area contributed by atoms with Crippen LogP contribution in [-0.4, -0.2) is 42.3 Å². The molecule has 2 atom stereocenters. The molecule has 0 bridgehead atoms. The molecular weight excluding hydrogens is 588 g/mol. The summed E-state index contributed by atoms with van der Waals surface area (Å²) in [6, 6.07) is 14.7. The van der Waals surface area contributed by atoms with Crippen LogP contribution in [0.15, 0.2) is 76.8 Å². The zero-order valence-corrected chi connectivity index (χ0v) is 25.6. The number of nitrogens with zero attached hydrogens (tertiary/aromatic N) is 3. The molecule has 0 amide bonds. The highest BCUT2D eigenvalue weighted by Crippen LogP contribution is 2.29. The summed E-state index contributed by atoms with van der Waals surface area (Å²) in [6.45, 7) is 8.81. The minimum absolute atomic E-state index is 0.00736. The van der Waals surface area contributed by atoms with Crippen molar-refractivity contribution in [3.05, 3.63) is 111 Å². The summed E-state index contributed by atoms with van der Waals surface area (Å²) in [5.74, 6) is -1.13. The van der Waals surface area contributed by atoms with E-state index in [1.807, 2.05) is 32.6 Å². The third kappa shape index (κ3) is 7.14. The monoisotopic (exact) mass is 624 g/mol. The number of hydrogen-bond acceptors (Lipinski definition) is 5. The van der Waals surface area contributed by atoms with E-state index in [2.05, 4.69) is 5.16 Å². The minimum atomic E-state index is -2.60. The summed E-state index contributed by atoms with van der Waals surface area (Å²) in [5.41, 5.74) is 7.33. The summed E-state index contributed by atoms with van der Waals surface area (Å²) in [5, 5.41) is 4.09. The van der Waals surface area contributed by atoms with Crippen LogP contribution >= 0.6 is 0 Å². The van der Waals surface area contributed by atoms with E-state index in [0.29, 0.717) is 29.9 Å². The SMILES string of the molecule is CC1CN(c2cc3c(cc2F)c(=O)c(/C(N)=N/OCC(C)(C)c2ccc(F)cc2)cn3Cc2ccc(C(F)F)cc2)CC(C)O1. The summed E-state index contributed by atoms with van der Waals surface area (Å²) in [7, 11) is 0. The number of hydrogen-bond donors (Lipinski definition) is 1. The Kier molecular flexibility index (Phi) is 9.20. The summed E-state index contributed by atoms with van der Waals surface area (Å²) in [4.78, 5) is 21.2. The van der Waals surface area contributed by atoms with Crippen molar-refractivity contribution in [1.82, 2.24) is 4.57 Å². The lowest BCUT2D eigenvalue weighted by Gasteiger charge is -2.37. The zero-order valence-electron chi connectivity index (χ0n) is 25.6. The Bertz CT molecular complexity index is 1750. The van der Waals surface area contributed by atoms with Gasteiger partial charge in [-0.1, -0.05) is 55.4 Å². The predicted molar refractivity (Wildman–Crippen MR) is 167 cm³/mol. The Morgan fingerprint density at radius 2 is 1.69 bits per heavy atom. The van der Waals surface area contributed by atoms with Crippen molar-refractivity contribution in [2.45, 2.75) is 58.3 Å². The Morgan fingerprint density at radius 1 is 1.04 bits per heavy atom. The molecule has 1 aromatic heterocycles. The second-order valence-electron chi connectivity index (χ2n) is 12.2. The lowest BCUT2D eigenvalue weighted by Crippen LogP contribution is -2.45. The van der Waals surface area contributed by atoms with Gasteiger partial charge in [-0.05, 0) is 49.2 Å². The van der Waals surface area contributed by atoms with Crippen LogP contribution in [0.2, 0.25) is 0 Å². The van der Waals surface area contributed by atoms with Gasteiger partial charge in [-0.2, -0.15) is 0 Å². The number of alkyl halides is 2. The number of pyridine rings is 1. The van der Waals surface area contributed by atoms with Crippen LogP contribution in [0.5, 0.6) is 0 Å². The molecule has 45 heavy (non-hydrogen) atoms. The maximum Gasteiger partial charge on any atom is 0.263 e. The molecule has 0 spiro atoms. The number of oxime groups is 1.